The van der Waals surface area contributed by atoms with Gasteiger partial charge in [0.2, 0.25) is 0 Å². The van der Waals surface area contributed by atoms with E-state index in [1.54, 1.807) is 11.1 Å². The minimum atomic E-state index is -0.950. The molecular weight excluding hydrogens is 328 g/mol. The van der Waals surface area contributed by atoms with E-state index >= 15 is 0 Å². The van der Waals surface area contributed by atoms with Gasteiger partial charge in [-0.1, -0.05) is 6.07 Å². The Morgan fingerprint density at radius 1 is 1.24 bits per heavy atom. The molecule has 2 aliphatic rings. The predicted molar refractivity (Wildman–Crippen MR) is 85.9 cm³/mol. The van der Waals surface area contributed by atoms with E-state index in [1.807, 2.05) is 4.68 Å². The van der Waals surface area contributed by atoms with Crippen LogP contribution in [0.25, 0.3) is 0 Å². The average molecular weight is 347 g/mol. The third-order valence-electron chi connectivity index (χ3n) is 5.08. The zero-order valence-electron chi connectivity index (χ0n) is 13.7. The number of aliphatic hydroxyl groups is 1. The van der Waals surface area contributed by atoms with Crippen molar-refractivity contribution < 1.29 is 18.7 Å². The van der Waals surface area contributed by atoms with Crippen molar-refractivity contribution in [3.8, 4) is 0 Å². The molecule has 1 fully saturated rings. The normalized spacial score (nSPS) is 22.9. The molecule has 25 heavy (non-hydrogen) atoms. The van der Waals surface area contributed by atoms with Crippen LogP contribution in [0.4, 0.5) is 8.78 Å². The topological polar surface area (TPSA) is 58.4 Å². The van der Waals surface area contributed by atoms with E-state index < -0.39 is 23.8 Å². The summed E-state index contributed by atoms with van der Waals surface area (Å²) in [6, 6.07) is 3.15. The molecule has 5 nitrogen and oxygen atoms in total. The summed E-state index contributed by atoms with van der Waals surface area (Å²) in [5.41, 5.74) is 1.95. The van der Waals surface area contributed by atoms with Gasteiger partial charge in [0.25, 0.3) is 5.91 Å². The van der Waals surface area contributed by atoms with Crippen LogP contribution in [0.15, 0.2) is 24.4 Å². The molecule has 1 saturated heterocycles. The summed E-state index contributed by atoms with van der Waals surface area (Å²) in [6.45, 7) is 0.977. The van der Waals surface area contributed by atoms with Gasteiger partial charge in [-0.05, 0) is 43.4 Å². The van der Waals surface area contributed by atoms with E-state index in [1.165, 1.54) is 6.07 Å². The number of benzene rings is 1. The van der Waals surface area contributed by atoms with Crippen molar-refractivity contribution >= 4 is 5.91 Å². The summed E-state index contributed by atoms with van der Waals surface area (Å²) < 4.78 is 28.7. The molecule has 0 saturated carbocycles. The molecule has 4 rings (SSSR count). The molecule has 132 valence electrons. The van der Waals surface area contributed by atoms with Crippen LogP contribution in [0.3, 0.4) is 0 Å². The first kappa shape index (κ1) is 16.2. The second-order valence-corrected chi connectivity index (χ2v) is 6.72. The number of hydrogen-bond donors (Lipinski definition) is 1. The van der Waals surface area contributed by atoms with E-state index in [0.29, 0.717) is 17.5 Å². The molecule has 0 unspecified atom stereocenters. The number of fused-ring (bicyclic) bond motifs is 1. The van der Waals surface area contributed by atoms with E-state index in [0.717, 1.165) is 43.6 Å². The van der Waals surface area contributed by atoms with Crippen LogP contribution in [0.2, 0.25) is 0 Å². The number of likely N-dealkylation sites (tertiary alicyclic amines) is 1. The fraction of sp³-hybridized carbons (Fsp3) is 0.444. The van der Waals surface area contributed by atoms with Gasteiger partial charge in [-0.15, -0.1) is 0 Å². The van der Waals surface area contributed by atoms with Gasteiger partial charge < -0.3 is 10.0 Å². The summed E-state index contributed by atoms with van der Waals surface area (Å²) in [5.74, 6) is -2.09. The lowest BCUT2D eigenvalue weighted by molar-refractivity contribution is 0.0714. The Morgan fingerprint density at radius 2 is 2.08 bits per heavy atom. The SMILES string of the molecule is O=C(c1cnn2c1CCCC2)N1C[C@@H](O)C[C@H]1c1ccc(F)c(F)c1. The number of aliphatic hydroxyl groups excluding tert-OH is 1. The van der Waals surface area contributed by atoms with Gasteiger partial charge in [-0.25, -0.2) is 8.78 Å². The van der Waals surface area contributed by atoms with Gasteiger partial charge in [0.05, 0.1) is 29.6 Å². The van der Waals surface area contributed by atoms with Crippen molar-refractivity contribution in [3.05, 3.63) is 52.9 Å². The Labute approximate surface area is 143 Å². The molecule has 1 aromatic heterocycles. The van der Waals surface area contributed by atoms with E-state index in [9.17, 15) is 18.7 Å². The molecule has 0 radical (unpaired) electrons. The standard InChI is InChI=1S/C18H19F2N3O2/c19-14-5-4-11(7-15(14)20)17-8-12(24)10-22(17)18(25)13-9-21-23-6-2-1-3-16(13)23/h4-5,7,9,12,17,24H,1-3,6,8,10H2/t12-,17-/m0/s1. The van der Waals surface area contributed by atoms with Gasteiger partial charge in [0, 0.05) is 13.1 Å². The highest BCUT2D eigenvalue weighted by molar-refractivity contribution is 5.95. The average Bonchev–Trinajstić information content (AvgIpc) is 3.20. The summed E-state index contributed by atoms with van der Waals surface area (Å²) in [7, 11) is 0. The molecular formula is C18H19F2N3O2. The number of nitrogens with zero attached hydrogens (tertiary/aromatic N) is 3. The minimum absolute atomic E-state index is 0.174. The molecule has 2 aliphatic heterocycles. The van der Waals surface area contributed by atoms with Crippen LogP contribution >= 0.6 is 0 Å². The number of carbonyl (C=O) groups is 1. The minimum Gasteiger partial charge on any atom is -0.391 e. The first-order valence-corrected chi connectivity index (χ1v) is 8.53. The Hall–Kier alpha value is -2.28. The fourth-order valence-corrected chi connectivity index (χ4v) is 3.83. The lowest BCUT2D eigenvalue weighted by atomic mass is 10.0. The Bertz CT molecular complexity index is 821. The summed E-state index contributed by atoms with van der Waals surface area (Å²) in [4.78, 5) is 14.6. The van der Waals surface area contributed by atoms with Crippen LogP contribution in [0.1, 0.15) is 46.9 Å². The van der Waals surface area contributed by atoms with Gasteiger partial charge in [-0.2, -0.15) is 5.10 Å². The quantitative estimate of drug-likeness (QED) is 0.908. The number of carbonyl (C=O) groups excluding carboxylic acids is 1. The lowest BCUT2D eigenvalue weighted by Crippen LogP contribution is -2.32. The molecule has 1 aromatic carbocycles. The third-order valence-corrected chi connectivity index (χ3v) is 5.08. The maximum atomic E-state index is 13.6. The second-order valence-electron chi connectivity index (χ2n) is 6.72. The van der Waals surface area contributed by atoms with Gasteiger partial charge >= 0.3 is 0 Å². The molecule has 0 bridgehead atoms. The van der Waals surface area contributed by atoms with Gasteiger partial charge in [0.1, 0.15) is 0 Å². The smallest absolute Gasteiger partial charge is 0.257 e. The Balaban J connectivity index is 1.66. The molecule has 1 N–H and O–H groups in total. The second kappa shape index (κ2) is 6.22. The summed E-state index contributed by atoms with van der Waals surface area (Å²) >= 11 is 0. The third kappa shape index (κ3) is 2.82. The lowest BCUT2D eigenvalue weighted by Gasteiger charge is -2.25. The first-order chi connectivity index (χ1) is 12.0. The fourth-order valence-electron chi connectivity index (χ4n) is 3.83. The van der Waals surface area contributed by atoms with Crippen molar-refractivity contribution in [1.29, 1.82) is 0 Å². The number of amides is 1. The molecule has 0 spiro atoms. The summed E-state index contributed by atoms with van der Waals surface area (Å²) in [5, 5.41) is 14.3. The number of rotatable bonds is 2. The van der Waals surface area contributed by atoms with Gasteiger partial charge in [0.15, 0.2) is 11.6 Å². The highest BCUT2D eigenvalue weighted by Gasteiger charge is 2.37. The van der Waals surface area contributed by atoms with E-state index in [-0.39, 0.29) is 12.5 Å². The monoisotopic (exact) mass is 347 g/mol. The number of β-amino-alcohol motifs (C(OH)–C–C–N with tert-alkyl or cyclic N) is 1. The van der Waals surface area contributed by atoms with E-state index in [2.05, 4.69) is 5.10 Å². The molecule has 3 heterocycles. The van der Waals surface area contributed by atoms with Crippen molar-refractivity contribution in [2.45, 2.75) is 44.4 Å². The number of halogens is 2. The predicted octanol–water partition coefficient (Wildman–Crippen LogP) is 2.45. The Morgan fingerprint density at radius 3 is 2.88 bits per heavy atom. The number of aryl methyl sites for hydroxylation is 1. The molecule has 1 amide bonds. The maximum Gasteiger partial charge on any atom is 0.257 e. The molecule has 2 atom stereocenters. The van der Waals surface area contributed by atoms with Crippen molar-refractivity contribution in [1.82, 2.24) is 14.7 Å². The van der Waals surface area contributed by atoms with Crippen LogP contribution < -0.4 is 0 Å². The first-order valence-electron chi connectivity index (χ1n) is 8.53. The van der Waals surface area contributed by atoms with E-state index in [4.69, 9.17) is 0 Å². The van der Waals surface area contributed by atoms with Crippen LogP contribution in [-0.4, -0.2) is 38.3 Å². The number of aromatic nitrogens is 2. The molecule has 0 aliphatic carbocycles. The van der Waals surface area contributed by atoms with Crippen LogP contribution in [0, 0.1) is 11.6 Å². The van der Waals surface area contributed by atoms with Crippen LogP contribution in [-0.2, 0) is 13.0 Å². The van der Waals surface area contributed by atoms with Crippen molar-refractivity contribution in [2.24, 2.45) is 0 Å². The van der Waals surface area contributed by atoms with Gasteiger partial charge in [-0.3, -0.25) is 9.48 Å². The summed E-state index contributed by atoms with van der Waals surface area (Å²) in [6.07, 6.45) is 4.06. The Kier molecular flexibility index (Phi) is 4.03. The molecule has 2 aromatic rings. The molecule has 7 heteroatoms. The largest absolute Gasteiger partial charge is 0.391 e. The van der Waals surface area contributed by atoms with Crippen LogP contribution in [0.5, 0.6) is 0 Å². The number of hydrogen-bond acceptors (Lipinski definition) is 3. The highest BCUT2D eigenvalue weighted by Crippen LogP contribution is 2.34. The maximum absolute atomic E-state index is 13.6. The highest BCUT2D eigenvalue weighted by atomic mass is 19.2. The van der Waals surface area contributed by atoms with Crippen molar-refractivity contribution in [2.75, 3.05) is 6.54 Å². The van der Waals surface area contributed by atoms with Crippen molar-refractivity contribution in [3.63, 3.8) is 0 Å². The zero-order valence-corrected chi connectivity index (χ0v) is 13.7. The zero-order chi connectivity index (χ0) is 17.6.